The van der Waals surface area contributed by atoms with Gasteiger partial charge in [0.15, 0.2) is 0 Å². The van der Waals surface area contributed by atoms with Crippen LogP contribution in [0.1, 0.15) is 80.6 Å². The first-order valence-corrected chi connectivity index (χ1v) is 21.1. The van der Waals surface area contributed by atoms with Crippen molar-refractivity contribution in [2.75, 3.05) is 20.8 Å². The van der Waals surface area contributed by atoms with E-state index < -0.39 is 43.8 Å². The molecule has 12 heteroatoms. The van der Waals surface area contributed by atoms with Crippen molar-refractivity contribution in [1.82, 2.24) is 14.2 Å². The van der Waals surface area contributed by atoms with Gasteiger partial charge < -0.3 is 28.0 Å². The molecule has 0 saturated carbocycles. The molecule has 2 heterocycles. The highest BCUT2D eigenvalue weighted by Gasteiger charge is 2.45. The molecule has 0 amide bonds. The van der Waals surface area contributed by atoms with E-state index >= 15 is 0 Å². The average molecular weight is 822 g/mol. The zero-order valence-corrected chi connectivity index (χ0v) is 36.1. The van der Waals surface area contributed by atoms with Gasteiger partial charge >= 0.3 is 5.69 Å². The van der Waals surface area contributed by atoms with Gasteiger partial charge in [-0.25, -0.2) is 9.46 Å². The molecule has 0 radical (unpaired) electrons. The molecule has 0 bridgehead atoms. The summed E-state index contributed by atoms with van der Waals surface area (Å²) in [6.45, 7) is 16.7. The van der Waals surface area contributed by atoms with Gasteiger partial charge in [-0.15, -0.1) is 0 Å². The van der Waals surface area contributed by atoms with E-state index in [1.54, 1.807) is 21.1 Å². The monoisotopic (exact) mass is 821 g/mol. The van der Waals surface area contributed by atoms with E-state index in [1.165, 1.54) is 10.8 Å². The average Bonchev–Trinajstić information content (AvgIpc) is 3.63. The van der Waals surface area contributed by atoms with Crippen molar-refractivity contribution in [1.29, 1.82) is 0 Å². The van der Waals surface area contributed by atoms with E-state index in [0.29, 0.717) is 23.7 Å². The second kappa shape index (κ2) is 19.5. The number of aromatic nitrogens is 2. The van der Waals surface area contributed by atoms with Crippen molar-refractivity contribution in [3.63, 3.8) is 0 Å². The minimum absolute atomic E-state index is 0.0518. The van der Waals surface area contributed by atoms with E-state index in [-0.39, 0.29) is 25.1 Å². The molecule has 11 nitrogen and oxygen atoms in total. The predicted octanol–water partition coefficient (Wildman–Crippen LogP) is 9.14. The molecule has 1 aromatic heterocycles. The summed E-state index contributed by atoms with van der Waals surface area (Å²) in [7, 11) is 1.59. The van der Waals surface area contributed by atoms with Crippen molar-refractivity contribution < 1.29 is 28.0 Å². The Labute approximate surface area is 348 Å². The van der Waals surface area contributed by atoms with Crippen LogP contribution in [0.2, 0.25) is 0 Å². The Morgan fingerprint density at radius 3 is 1.98 bits per heavy atom. The Balaban J connectivity index is 1.43. The van der Waals surface area contributed by atoms with Crippen molar-refractivity contribution in [2.24, 2.45) is 0 Å². The fraction of sp³-hybridized carbons (Fsp3) is 0.362. The highest BCUT2D eigenvalue weighted by Crippen LogP contribution is 2.51. The fourth-order valence-electron chi connectivity index (χ4n) is 7.64. The van der Waals surface area contributed by atoms with Crippen molar-refractivity contribution in [2.45, 2.75) is 90.7 Å². The van der Waals surface area contributed by atoms with Gasteiger partial charge in [0.1, 0.15) is 29.4 Å². The Hall–Kier alpha value is -4.87. The molecule has 4 aromatic carbocycles. The zero-order valence-electron chi connectivity index (χ0n) is 35.2. The minimum atomic E-state index is -1.69. The molecule has 5 aromatic rings. The van der Waals surface area contributed by atoms with Crippen LogP contribution in [0.25, 0.3) is 5.57 Å². The van der Waals surface area contributed by atoms with E-state index in [9.17, 15) is 9.59 Å². The Bertz CT molecular complexity index is 2220. The molecular formula is C47H56N3O8P. The van der Waals surface area contributed by atoms with Gasteiger partial charge in [0.2, 0.25) is 0 Å². The van der Waals surface area contributed by atoms with Crippen LogP contribution in [0.4, 0.5) is 0 Å². The van der Waals surface area contributed by atoms with Gasteiger partial charge in [0, 0.05) is 30.3 Å². The number of aryl methyl sites for hydroxylation is 1. The summed E-state index contributed by atoms with van der Waals surface area (Å²) in [6, 6.07) is 34.0. The van der Waals surface area contributed by atoms with Crippen molar-refractivity contribution >= 4 is 14.1 Å². The molecule has 1 N–H and O–H groups in total. The van der Waals surface area contributed by atoms with Crippen LogP contribution < -0.4 is 20.7 Å². The molecule has 1 fully saturated rings. The second-order valence-electron chi connectivity index (χ2n) is 15.3. The lowest BCUT2D eigenvalue weighted by Crippen LogP contribution is -2.39. The number of hydrogen-bond donors (Lipinski definition) is 1. The molecule has 1 saturated heterocycles. The largest absolute Gasteiger partial charge is 0.497 e. The highest BCUT2D eigenvalue weighted by atomic mass is 31.2. The molecule has 1 aliphatic heterocycles. The number of H-pyrrole nitrogens is 1. The minimum Gasteiger partial charge on any atom is -0.497 e. The summed E-state index contributed by atoms with van der Waals surface area (Å²) in [5.74, 6) is 1.42. The summed E-state index contributed by atoms with van der Waals surface area (Å²) < 4.78 is 42.8. The van der Waals surface area contributed by atoms with E-state index in [0.717, 1.165) is 33.4 Å². The number of hydrogen-bond acceptors (Lipinski definition) is 9. The van der Waals surface area contributed by atoms with Crippen molar-refractivity contribution in [3.05, 3.63) is 170 Å². The molecule has 0 spiro atoms. The standard InChI is InChI=1S/C47H56N3O8P/c1-31(2)41-18-14-13-15-35(41)29-56-59(50(32(3)4)33(5)6)58-42-27-44(49-28-34(7)45(51)48-46(49)52)57-43(42)30-55-47(36-16-11-10-12-17-36,37-19-23-39(53-8)24-20-37)38-21-25-40(54-9)26-22-38/h10-26,28,32-33,42-44H,1,27,29-30H2,2-9H3,(H,48,51,52)/t42?,43-,44-,59?/m1/s1. The van der Waals surface area contributed by atoms with Gasteiger partial charge in [-0.05, 0) is 93.6 Å². The molecule has 59 heavy (non-hydrogen) atoms. The summed E-state index contributed by atoms with van der Waals surface area (Å²) in [5, 5.41) is 0. The summed E-state index contributed by atoms with van der Waals surface area (Å²) in [5.41, 5.74) is 3.84. The third-order valence-corrected chi connectivity index (χ3v) is 12.7. The zero-order chi connectivity index (χ0) is 42.3. The Morgan fingerprint density at radius 1 is 0.864 bits per heavy atom. The van der Waals surface area contributed by atoms with Gasteiger partial charge in [-0.2, -0.15) is 0 Å². The quantitative estimate of drug-likeness (QED) is 0.0683. The third kappa shape index (κ3) is 9.79. The van der Waals surface area contributed by atoms with Crippen LogP contribution >= 0.6 is 8.53 Å². The number of aromatic amines is 1. The first-order chi connectivity index (χ1) is 28.4. The second-order valence-corrected chi connectivity index (χ2v) is 16.7. The molecule has 312 valence electrons. The number of rotatable bonds is 18. The fourth-order valence-corrected chi connectivity index (χ4v) is 9.40. The highest BCUT2D eigenvalue weighted by molar-refractivity contribution is 7.44. The number of ether oxygens (including phenoxy) is 4. The van der Waals surface area contributed by atoms with Crippen LogP contribution in [-0.4, -0.2) is 59.3 Å². The first-order valence-electron chi connectivity index (χ1n) is 19.9. The van der Waals surface area contributed by atoms with Gasteiger partial charge in [-0.1, -0.05) is 91.0 Å². The van der Waals surface area contributed by atoms with Gasteiger partial charge in [0.05, 0.1) is 33.5 Å². The van der Waals surface area contributed by atoms with E-state index in [1.807, 2.05) is 110 Å². The van der Waals surface area contributed by atoms with Gasteiger partial charge in [-0.3, -0.25) is 14.3 Å². The normalized spacial score (nSPS) is 17.4. The number of nitrogens with one attached hydrogen (secondary N) is 1. The lowest BCUT2D eigenvalue weighted by Gasteiger charge is -2.39. The van der Waals surface area contributed by atoms with Crippen LogP contribution in [0.3, 0.4) is 0 Å². The van der Waals surface area contributed by atoms with Crippen molar-refractivity contribution in [3.8, 4) is 11.5 Å². The topological polar surface area (TPSA) is 113 Å². The summed E-state index contributed by atoms with van der Waals surface area (Å²) in [6.07, 6.45) is -0.218. The maximum Gasteiger partial charge on any atom is 0.330 e. The maximum absolute atomic E-state index is 13.3. The van der Waals surface area contributed by atoms with E-state index in [2.05, 4.69) is 43.9 Å². The molecule has 0 aliphatic carbocycles. The number of allylic oxidation sites excluding steroid dienone is 1. The molecule has 2 unspecified atom stereocenters. The van der Waals surface area contributed by atoms with Crippen LogP contribution in [-0.2, 0) is 30.7 Å². The first kappa shape index (κ1) is 43.7. The maximum atomic E-state index is 13.3. The Morgan fingerprint density at radius 2 is 1.42 bits per heavy atom. The molecule has 1 aliphatic rings. The van der Waals surface area contributed by atoms with Crippen LogP contribution in [0.15, 0.2) is 125 Å². The molecule has 4 atom stereocenters. The Kier molecular flexibility index (Phi) is 14.4. The third-order valence-electron chi connectivity index (χ3n) is 10.6. The smallest absolute Gasteiger partial charge is 0.330 e. The summed E-state index contributed by atoms with van der Waals surface area (Å²) >= 11 is 0. The predicted molar refractivity (Wildman–Crippen MR) is 233 cm³/mol. The SMILES string of the molecule is C=C(C)c1ccccc1COP(OC1C[C@H](n2cc(C)c(=O)[nH]c2=O)O[C@@H]1COC(c1ccccc1)(c1ccc(OC)cc1)c1ccc(OC)cc1)N(C(C)C)C(C)C. The number of benzene rings is 4. The summed E-state index contributed by atoms with van der Waals surface area (Å²) in [4.78, 5) is 28.2. The van der Waals surface area contributed by atoms with Gasteiger partial charge in [0.25, 0.3) is 14.1 Å². The number of nitrogens with zero attached hydrogens (tertiary/aromatic N) is 2. The molecular weight excluding hydrogens is 766 g/mol. The molecule has 6 rings (SSSR count). The van der Waals surface area contributed by atoms with Crippen LogP contribution in [0, 0.1) is 6.92 Å². The van der Waals surface area contributed by atoms with E-state index in [4.69, 9.17) is 28.0 Å². The lowest BCUT2D eigenvalue weighted by molar-refractivity contribution is -0.0926. The number of methoxy groups -OCH3 is 2. The van der Waals surface area contributed by atoms with Crippen LogP contribution in [0.5, 0.6) is 11.5 Å². The lowest BCUT2D eigenvalue weighted by atomic mass is 9.80.